The molecule has 0 saturated carbocycles. The van der Waals surface area contributed by atoms with Crippen LogP contribution in [0.1, 0.15) is 39.5 Å². The minimum Gasteiger partial charge on any atom is -0.293 e. The number of carbonyl (C=O) groups excluding carboxylic acids is 1. The Balaban J connectivity index is 2.68. The largest absolute Gasteiger partial charge is 0.293 e. The van der Waals surface area contributed by atoms with Crippen molar-refractivity contribution in [2.24, 2.45) is 0 Å². The van der Waals surface area contributed by atoms with E-state index in [-0.39, 0.29) is 11.3 Å². The Kier molecular flexibility index (Phi) is 3.87. The maximum atomic E-state index is 11.7. The first-order valence-electron chi connectivity index (χ1n) is 5.51. The number of likely N-dealkylation sites (tertiary alicyclic amines) is 1. The van der Waals surface area contributed by atoms with Crippen LogP contribution in [-0.4, -0.2) is 29.3 Å². The molecular formula is C12H21NO. The highest BCUT2D eigenvalue weighted by atomic mass is 16.1. The molecule has 0 aromatic rings. The van der Waals surface area contributed by atoms with Crippen LogP contribution in [-0.2, 0) is 4.79 Å². The minimum atomic E-state index is -0.355. The van der Waals surface area contributed by atoms with Crippen molar-refractivity contribution in [3.8, 4) is 0 Å². The molecule has 0 aromatic carbocycles. The number of carbonyl (C=O) groups is 1. The van der Waals surface area contributed by atoms with Gasteiger partial charge in [-0.05, 0) is 45.9 Å². The summed E-state index contributed by atoms with van der Waals surface area (Å²) in [6, 6.07) is 0. The first-order valence-corrected chi connectivity index (χ1v) is 5.51. The minimum absolute atomic E-state index is 0.138. The van der Waals surface area contributed by atoms with Gasteiger partial charge in [0.1, 0.15) is 0 Å². The average molecular weight is 195 g/mol. The first-order chi connectivity index (χ1) is 6.59. The third-order valence-corrected chi connectivity index (χ3v) is 3.19. The summed E-state index contributed by atoms with van der Waals surface area (Å²) < 4.78 is 0. The quantitative estimate of drug-likeness (QED) is 0.644. The maximum absolute atomic E-state index is 11.7. The van der Waals surface area contributed by atoms with Gasteiger partial charge in [0.05, 0.1) is 5.54 Å². The maximum Gasteiger partial charge on any atom is 0.174 e. The van der Waals surface area contributed by atoms with Crippen molar-refractivity contribution in [1.82, 2.24) is 4.90 Å². The molecule has 0 amide bonds. The number of ketones is 1. The Morgan fingerprint density at radius 1 is 1.21 bits per heavy atom. The van der Waals surface area contributed by atoms with Crippen LogP contribution in [0.25, 0.3) is 0 Å². The average Bonchev–Trinajstić information content (AvgIpc) is 2.44. The molecule has 1 aliphatic rings. The second-order valence-electron chi connectivity index (χ2n) is 4.53. The van der Waals surface area contributed by atoms with Crippen LogP contribution in [0.5, 0.6) is 0 Å². The standard InChI is InChI=1S/C12H21NO/c1-4-11(14)12(2,3)13-9-7-5-6-8-10-13/h4H,1,5-10H2,2-3H3. The highest BCUT2D eigenvalue weighted by Gasteiger charge is 2.32. The normalized spacial score (nSPS) is 20.1. The summed E-state index contributed by atoms with van der Waals surface area (Å²) in [6.07, 6.45) is 6.48. The van der Waals surface area contributed by atoms with E-state index < -0.39 is 0 Å². The van der Waals surface area contributed by atoms with E-state index in [9.17, 15) is 4.79 Å². The summed E-state index contributed by atoms with van der Waals surface area (Å²) >= 11 is 0. The number of hydrogen-bond donors (Lipinski definition) is 0. The van der Waals surface area contributed by atoms with E-state index in [1.807, 2.05) is 13.8 Å². The van der Waals surface area contributed by atoms with E-state index in [1.165, 1.54) is 31.8 Å². The van der Waals surface area contributed by atoms with Gasteiger partial charge < -0.3 is 0 Å². The Morgan fingerprint density at radius 2 is 1.71 bits per heavy atom. The van der Waals surface area contributed by atoms with Gasteiger partial charge in [-0.3, -0.25) is 9.69 Å². The molecule has 0 N–H and O–H groups in total. The Bertz CT molecular complexity index is 212. The fourth-order valence-corrected chi connectivity index (χ4v) is 2.04. The summed E-state index contributed by atoms with van der Waals surface area (Å²) in [7, 11) is 0. The number of hydrogen-bond acceptors (Lipinski definition) is 2. The summed E-state index contributed by atoms with van der Waals surface area (Å²) in [6.45, 7) is 9.67. The van der Waals surface area contributed by atoms with Gasteiger partial charge in [-0.1, -0.05) is 19.4 Å². The predicted octanol–water partition coefficient (Wildman–Crippen LogP) is 2.40. The Labute approximate surface area is 87.0 Å². The molecule has 1 heterocycles. The van der Waals surface area contributed by atoms with Crippen molar-refractivity contribution < 1.29 is 4.79 Å². The molecule has 2 nitrogen and oxygen atoms in total. The lowest BCUT2D eigenvalue weighted by Gasteiger charge is -2.35. The first kappa shape index (κ1) is 11.4. The number of nitrogens with zero attached hydrogens (tertiary/aromatic N) is 1. The van der Waals surface area contributed by atoms with E-state index >= 15 is 0 Å². The van der Waals surface area contributed by atoms with Crippen molar-refractivity contribution in [3.63, 3.8) is 0 Å². The molecule has 14 heavy (non-hydrogen) atoms. The molecule has 80 valence electrons. The van der Waals surface area contributed by atoms with Gasteiger partial charge in [0.2, 0.25) is 0 Å². The van der Waals surface area contributed by atoms with Crippen LogP contribution >= 0.6 is 0 Å². The molecule has 0 unspecified atom stereocenters. The summed E-state index contributed by atoms with van der Waals surface area (Å²) in [5.74, 6) is 0.138. The van der Waals surface area contributed by atoms with E-state index in [2.05, 4.69) is 11.5 Å². The second kappa shape index (κ2) is 4.74. The smallest absolute Gasteiger partial charge is 0.174 e. The van der Waals surface area contributed by atoms with Crippen molar-refractivity contribution >= 4 is 5.78 Å². The van der Waals surface area contributed by atoms with Crippen LogP contribution in [0, 0.1) is 0 Å². The third-order valence-electron chi connectivity index (χ3n) is 3.19. The van der Waals surface area contributed by atoms with E-state index in [4.69, 9.17) is 0 Å². The van der Waals surface area contributed by atoms with Gasteiger partial charge in [-0.25, -0.2) is 0 Å². The second-order valence-corrected chi connectivity index (χ2v) is 4.53. The number of rotatable bonds is 3. The third kappa shape index (κ3) is 2.44. The fourth-order valence-electron chi connectivity index (χ4n) is 2.04. The lowest BCUT2D eigenvalue weighted by molar-refractivity contribution is -0.124. The van der Waals surface area contributed by atoms with E-state index in [1.54, 1.807) is 0 Å². The van der Waals surface area contributed by atoms with Crippen molar-refractivity contribution in [1.29, 1.82) is 0 Å². The van der Waals surface area contributed by atoms with Crippen LogP contribution in [0.3, 0.4) is 0 Å². The SMILES string of the molecule is C=CC(=O)C(C)(C)N1CCCCCC1. The van der Waals surface area contributed by atoms with Crippen LogP contribution in [0.2, 0.25) is 0 Å². The molecule has 0 aromatic heterocycles. The molecule has 1 saturated heterocycles. The highest BCUT2D eigenvalue weighted by Crippen LogP contribution is 2.21. The molecule has 0 radical (unpaired) electrons. The predicted molar refractivity (Wildman–Crippen MR) is 59.3 cm³/mol. The van der Waals surface area contributed by atoms with Gasteiger partial charge in [0.15, 0.2) is 5.78 Å². The van der Waals surface area contributed by atoms with E-state index in [0.717, 1.165) is 13.1 Å². The zero-order chi connectivity index (χ0) is 10.6. The fraction of sp³-hybridized carbons (Fsp3) is 0.750. The molecule has 0 spiro atoms. The monoisotopic (exact) mass is 195 g/mol. The Hall–Kier alpha value is -0.630. The summed E-state index contributed by atoms with van der Waals surface area (Å²) in [5, 5.41) is 0. The summed E-state index contributed by atoms with van der Waals surface area (Å²) in [4.78, 5) is 14.0. The lowest BCUT2D eigenvalue weighted by Crippen LogP contribution is -2.49. The molecular weight excluding hydrogens is 174 g/mol. The zero-order valence-corrected chi connectivity index (χ0v) is 9.38. The topological polar surface area (TPSA) is 20.3 Å². The van der Waals surface area contributed by atoms with Crippen LogP contribution < -0.4 is 0 Å². The van der Waals surface area contributed by atoms with Gasteiger partial charge in [-0.15, -0.1) is 0 Å². The van der Waals surface area contributed by atoms with Crippen molar-refractivity contribution in [2.45, 2.75) is 45.1 Å². The van der Waals surface area contributed by atoms with Crippen LogP contribution in [0.15, 0.2) is 12.7 Å². The van der Waals surface area contributed by atoms with Crippen molar-refractivity contribution in [2.75, 3.05) is 13.1 Å². The zero-order valence-electron chi connectivity index (χ0n) is 9.38. The van der Waals surface area contributed by atoms with E-state index in [0.29, 0.717) is 0 Å². The van der Waals surface area contributed by atoms with Gasteiger partial charge >= 0.3 is 0 Å². The molecule has 0 aliphatic carbocycles. The Morgan fingerprint density at radius 3 is 2.14 bits per heavy atom. The van der Waals surface area contributed by atoms with Crippen molar-refractivity contribution in [3.05, 3.63) is 12.7 Å². The van der Waals surface area contributed by atoms with Gasteiger partial charge in [0.25, 0.3) is 0 Å². The van der Waals surface area contributed by atoms with Crippen LogP contribution in [0.4, 0.5) is 0 Å². The molecule has 0 atom stereocenters. The van der Waals surface area contributed by atoms with Gasteiger partial charge in [0, 0.05) is 0 Å². The van der Waals surface area contributed by atoms with Gasteiger partial charge in [-0.2, -0.15) is 0 Å². The highest BCUT2D eigenvalue weighted by molar-refractivity contribution is 5.96. The molecule has 1 fully saturated rings. The molecule has 1 aliphatic heterocycles. The lowest BCUT2D eigenvalue weighted by atomic mass is 9.96. The molecule has 2 heteroatoms. The molecule has 1 rings (SSSR count). The summed E-state index contributed by atoms with van der Waals surface area (Å²) in [5.41, 5.74) is -0.355. The molecule has 0 bridgehead atoms.